The number of halogens is 2. The molecule has 1 aliphatic carbocycles. The van der Waals surface area contributed by atoms with E-state index in [2.05, 4.69) is 26.0 Å². The molecule has 1 fully saturated rings. The summed E-state index contributed by atoms with van der Waals surface area (Å²) < 4.78 is 53.4. The molecule has 2 N–H and O–H groups in total. The maximum atomic E-state index is 13.2. The Bertz CT molecular complexity index is 1410. The van der Waals surface area contributed by atoms with Crippen LogP contribution in [0, 0.1) is 5.92 Å². The molecule has 196 valence electrons. The van der Waals surface area contributed by atoms with Gasteiger partial charge < -0.3 is 10.1 Å². The highest BCUT2D eigenvalue weighted by molar-refractivity contribution is 8.13. The summed E-state index contributed by atoms with van der Waals surface area (Å²) in [7, 11) is 3.03. The predicted octanol–water partition coefficient (Wildman–Crippen LogP) is 4.96. The smallest absolute Gasteiger partial charge is 0.353 e. The topological polar surface area (TPSA) is 153 Å². The van der Waals surface area contributed by atoms with E-state index in [0.29, 0.717) is 33.7 Å². The van der Waals surface area contributed by atoms with Crippen molar-refractivity contribution in [2.75, 3.05) is 12.4 Å². The molecule has 1 aliphatic rings. The summed E-state index contributed by atoms with van der Waals surface area (Å²) in [4.78, 5) is 22.8. The van der Waals surface area contributed by atoms with Gasteiger partial charge in [0.15, 0.2) is 5.13 Å². The van der Waals surface area contributed by atoms with E-state index < -0.39 is 24.3 Å². The molecule has 0 bridgehead atoms. The summed E-state index contributed by atoms with van der Waals surface area (Å²) in [6.07, 6.45) is 5.25. The van der Waals surface area contributed by atoms with E-state index >= 15 is 0 Å². The number of nitrogens with zero attached hydrogens (tertiary/aromatic N) is 2. The van der Waals surface area contributed by atoms with Gasteiger partial charge in [-0.15, -0.1) is 0 Å². The Kier molecular flexibility index (Phi) is 9.52. The number of methoxy groups -OCH3 is 1. The molecular formula is C21H23Cl2N3O7S3. The van der Waals surface area contributed by atoms with E-state index in [1.165, 1.54) is 36.3 Å². The lowest BCUT2D eigenvalue weighted by Crippen LogP contribution is -2.23. The number of carbonyl (C=O) groups excluding carboxylic acids is 1. The molecule has 4 rings (SSSR count). The summed E-state index contributed by atoms with van der Waals surface area (Å²) in [5.41, 5.74) is 1.44. The van der Waals surface area contributed by atoms with Gasteiger partial charge in [-0.1, -0.05) is 49.2 Å². The monoisotopic (exact) mass is 595 g/mol. The van der Waals surface area contributed by atoms with Gasteiger partial charge in [-0.2, -0.15) is 8.42 Å². The second-order valence-corrected chi connectivity index (χ2v) is 13.6. The minimum atomic E-state index is -4.19. The summed E-state index contributed by atoms with van der Waals surface area (Å²) in [6.45, 7) is 0. The molecular weight excluding hydrogens is 573 g/mol. The molecule has 2 heterocycles. The average Bonchev–Trinajstić information content (AvgIpc) is 3.44. The van der Waals surface area contributed by atoms with E-state index in [-0.39, 0.29) is 10.8 Å². The number of carbonyl (C=O) groups is 1. The third-order valence-electron chi connectivity index (χ3n) is 5.59. The van der Waals surface area contributed by atoms with Crippen LogP contribution in [-0.2, 0) is 23.2 Å². The highest BCUT2D eigenvalue weighted by Crippen LogP contribution is 2.36. The lowest BCUT2D eigenvalue weighted by molar-refractivity contribution is -0.118. The maximum Gasteiger partial charge on any atom is 0.353 e. The third-order valence-corrected chi connectivity index (χ3v) is 7.84. The van der Waals surface area contributed by atoms with Crippen LogP contribution >= 0.6 is 32.7 Å². The zero-order valence-electron chi connectivity index (χ0n) is 18.9. The average molecular weight is 597 g/mol. The Morgan fingerprint density at radius 2 is 1.72 bits per heavy atom. The number of ether oxygens (including phenoxy) is 1. The molecule has 2 aromatic heterocycles. The molecule has 0 aliphatic heterocycles. The van der Waals surface area contributed by atoms with Crippen LogP contribution in [0.3, 0.4) is 0 Å². The highest BCUT2D eigenvalue weighted by atomic mass is 35.7. The standard InChI is InChI=1S/C21H22ClN3O4S2.ClHO3S/c1-29-18-11-10-17-20(24-18)30-21(23-17)25-19(26)16(12-13-4-2-3-5-13)14-6-8-15(9-7-14)31(22,27)28;1-5(2,3)4/h6-11,13,16H,2-5,12H2,1H3,(H,23,25,26);(H,2,3,4)/t16-;/m1./s1. The van der Waals surface area contributed by atoms with Gasteiger partial charge in [0.05, 0.1) is 17.9 Å². The van der Waals surface area contributed by atoms with E-state index in [1.807, 2.05) is 0 Å². The molecule has 10 nitrogen and oxygen atoms in total. The van der Waals surface area contributed by atoms with Crippen LogP contribution in [0.2, 0.25) is 0 Å². The van der Waals surface area contributed by atoms with Crippen molar-refractivity contribution in [2.24, 2.45) is 5.92 Å². The molecule has 1 saturated carbocycles. The molecule has 0 saturated heterocycles. The van der Waals surface area contributed by atoms with Crippen molar-refractivity contribution in [3.8, 4) is 5.88 Å². The number of benzene rings is 1. The summed E-state index contributed by atoms with van der Waals surface area (Å²) in [5.74, 6) is 0.375. The van der Waals surface area contributed by atoms with Crippen molar-refractivity contribution in [3.63, 3.8) is 0 Å². The van der Waals surface area contributed by atoms with Crippen LogP contribution in [0.4, 0.5) is 5.13 Å². The first-order valence-corrected chi connectivity index (χ1v) is 16.1. The Hall–Kier alpha value is -2.03. The first-order valence-electron chi connectivity index (χ1n) is 10.7. The quantitative estimate of drug-likeness (QED) is 0.285. The Balaban J connectivity index is 0.000000658. The van der Waals surface area contributed by atoms with Crippen LogP contribution in [0.5, 0.6) is 5.88 Å². The number of pyridine rings is 1. The highest BCUT2D eigenvalue weighted by Gasteiger charge is 2.28. The largest absolute Gasteiger partial charge is 0.481 e. The number of rotatable bonds is 7. The number of amides is 1. The van der Waals surface area contributed by atoms with Crippen molar-refractivity contribution in [1.82, 2.24) is 9.97 Å². The van der Waals surface area contributed by atoms with Gasteiger partial charge in [-0.05, 0) is 36.1 Å². The number of thiazole rings is 1. The van der Waals surface area contributed by atoms with Crippen LogP contribution in [0.25, 0.3) is 10.3 Å². The Morgan fingerprint density at radius 1 is 1.11 bits per heavy atom. The van der Waals surface area contributed by atoms with E-state index in [0.717, 1.165) is 18.4 Å². The molecule has 0 unspecified atom stereocenters. The third kappa shape index (κ3) is 8.53. The van der Waals surface area contributed by atoms with E-state index in [4.69, 9.17) is 28.4 Å². The first kappa shape index (κ1) is 28.5. The van der Waals surface area contributed by atoms with Crippen LogP contribution in [-0.4, -0.2) is 44.4 Å². The maximum absolute atomic E-state index is 13.2. The second kappa shape index (κ2) is 12.0. The zero-order chi connectivity index (χ0) is 26.5. The zero-order valence-corrected chi connectivity index (χ0v) is 22.9. The molecule has 36 heavy (non-hydrogen) atoms. The van der Waals surface area contributed by atoms with Gasteiger partial charge >= 0.3 is 9.33 Å². The van der Waals surface area contributed by atoms with Crippen LogP contribution < -0.4 is 10.1 Å². The fraction of sp³-hybridized carbons (Fsp3) is 0.381. The fourth-order valence-electron chi connectivity index (χ4n) is 4.00. The molecule has 15 heteroatoms. The van der Waals surface area contributed by atoms with Crippen molar-refractivity contribution in [1.29, 1.82) is 0 Å². The van der Waals surface area contributed by atoms with Gasteiger partial charge in [0.1, 0.15) is 10.3 Å². The SMILES string of the molecule is COc1ccc2nc(NC(=O)[C@H](CC3CCCC3)c3ccc(S(=O)(=O)Cl)cc3)sc2n1.O=S(=O)(O)Cl. The van der Waals surface area contributed by atoms with Gasteiger partial charge in [0.25, 0.3) is 9.05 Å². The number of anilines is 1. The van der Waals surface area contributed by atoms with Gasteiger partial charge in [-0.25, -0.2) is 18.4 Å². The molecule has 0 radical (unpaired) electrons. The van der Waals surface area contributed by atoms with Crippen molar-refractivity contribution in [2.45, 2.75) is 42.9 Å². The lowest BCUT2D eigenvalue weighted by atomic mass is 9.87. The summed E-state index contributed by atoms with van der Waals surface area (Å²) in [5, 5.41) is 3.40. The molecule has 1 amide bonds. The van der Waals surface area contributed by atoms with E-state index in [1.54, 1.807) is 31.4 Å². The van der Waals surface area contributed by atoms with Crippen LogP contribution in [0.1, 0.15) is 43.6 Å². The summed E-state index contributed by atoms with van der Waals surface area (Å²) >= 11 is 1.29. The van der Waals surface area contributed by atoms with E-state index in [9.17, 15) is 13.2 Å². The van der Waals surface area contributed by atoms with Gasteiger partial charge in [-0.3, -0.25) is 9.35 Å². The molecule has 3 aromatic rings. The van der Waals surface area contributed by atoms with Gasteiger partial charge in [0.2, 0.25) is 11.8 Å². The molecule has 1 atom stereocenters. The lowest BCUT2D eigenvalue weighted by Gasteiger charge is -2.20. The first-order chi connectivity index (χ1) is 16.8. The number of hydrogen-bond donors (Lipinski definition) is 2. The molecule has 0 spiro atoms. The van der Waals surface area contributed by atoms with Crippen molar-refractivity contribution < 1.29 is 30.9 Å². The van der Waals surface area contributed by atoms with Crippen LogP contribution in [0.15, 0.2) is 41.3 Å². The van der Waals surface area contributed by atoms with Crippen molar-refractivity contribution in [3.05, 3.63) is 42.0 Å². The minimum Gasteiger partial charge on any atom is -0.481 e. The van der Waals surface area contributed by atoms with Crippen molar-refractivity contribution >= 4 is 72.5 Å². The minimum absolute atomic E-state index is 0.0177. The Morgan fingerprint density at radius 3 is 2.28 bits per heavy atom. The second-order valence-electron chi connectivity index (χ2n) is 8.04. The number of hydrogen-bond acceptors (Lipinski definition) is 9. The fourth-order valence-corrected chi connectivity index (χ4v) is 5.60. The normalized spacial score (nSPS) is 15.2. The number of fused-ring (bicyclic) bond motifs is 1. The molecule has 1 aromatic carbocycles. The summed E-state index contributed by atoms with van der Waals surface area (Å²) in [6, 6.07) is 9.75. The van der Waals surface area contributed by atoms with Gasteiger partial charge in [0, 0.05) is 27.4 Å². The number of aromatic nitrogens is 2. The predicted molar refractivity (Wildman–Crippen MR) is 139 cm³/mol. The Labute approximate surface area is 221 Å². The number of nitrogens with one attached hydrogen (secondary N) is 1.